The lowest BCUT2D eigenvalue weighted by Crippen LogP contribution is -2.37. The van der Waals surface area contributed by atoms with E-state index in [2.05, 4.69) is 21.1 Å². The number of aromatic nitrogens is 2. The van der Waals surface area contributed by atoms with Crippen LogP contribution in [-0.4, -0.2) is 34.7 Å². The molecule has 118 valence electrons. The molecule has 1 saturated heterocycles. The van der Waals surface area contributed by atoms with Crippen LogP contribution in [0.2, 0.25) is 0 Å². The van der Waals surface area contributed by atoms with Crippen LogP contribution in [0.1, 0.15) is 43.1 Å². The second kappa shape index (κ2) is 6.38. The SMILES string of the molecule is c1csc(OCC2CCCN(Cc3cc(C4CC4)on3)C2)n1. The zero-order chi connectivity index (χ0) is 14.8. The molecule has 22 heavy (non-hydrogen) atoms. The summed E-state index contributed by atoms with van der Waals surface area (Å²) in [6.45, 7) is 3.86. The standard InChI is InChI=1S/C16H21N3O2S/c1-2-12(11-20-16-17-5-7-22-16)9-19(6-1)10-14-8-15(21-18-14)13-3-4-13/h5,7-8,12-13H,1-4,6,9-11H2. The lowest BCUT2D eigenvalue weighted by atomic mass is 9.99. The minimum absolute atomic E-state index is 0.576. The smallest absolute Gasteiger partial charge is 0.273 e. The number of hydrogen-bond donors (Lipinski definition) is 0. The highest BCUT2D eigenvalue weighted by Crippen LogP contribution is 2.40. The molecular formula is C16H21N3O2S. The third kappa shape index (κ3) is 3.50. The van der Waals surface area contributed by atoms with Gasteiger partial charge in [0.2, 0.25) is 0 Å². The molecule has 4 rings (SSSR count). The molecule has 0 bridgehead atoms. The zero-order valence-corrected chi connectivity index (χ0v) is 13.4. The van der Waals surface area contributed by atoms with Gasteiger partial charge in [-0.2, -0.15) is 0 Å². The van der Waals surface area contributed by atoms with E-state index in [1.165, 1.54) is 25.7 Å². The molecule has 0 aromatic carbocycles. The van der Waals surface area contributed by atoms with Crippen molar-refractivity contribution < 1.29 is 9.26 Å². The van der Waals surface area contributed by atoms with Crippen molar-refractivity contribution in [2.24, 2.45) is 5.92 Å². The molecule has 5 nitrogen and oxygen atoms in total. The van der Waals surface area contributed by atoms with Gasteiger partial charge in [-0.15, -0.1) is 0 Å². The molecule has 2 fully saturated rings. The van der Waals surface area contributed by atoms with Crippen molar-refractivity contribution in [3.63, 3.8) is 0 Å². The summed E-state index contributed by atoms with van der Waals surface area (Å²) in [7, 11) is 0. The number of ether oxygens (including phenoxy) is 1. The fourth-order valence-corrected chi connectivity index (χ4v) is 3.59. The normalized spacial score (nSPS) is 22.8. The van der Waals surface area contributed by atoms with Crippen LogP contribution in [-0.2, 0) is 6.54 Å². The summed E-state index contributed by atoms with van der Waals surface area (Å²) in [4.78, 5) is 6.64. The van der Waals surface area contributed by atoms with E-state index in [1.54, 1.807) is 17.5 Å². The van der Waals surface area contributed by atoms with E-state index in [1.807, 2.05) is 5.38 Å². The van der Waals surface area contributed by atoms with Crippen LogP contribution < -0.4 is 4.74 Å². The molecule has 1 unspecified atom stereocenters. The van der Waals surface area contributed by atoms with Gasteiger partial charge in [0.15, 0.2) is 0 Å². The Labute approximate surface area is 134 Å². The van der Waals surface area contributed by atoms with Crippen molar-refractivity contribution in [3.8, 4) is 5.19 Å². The van der Waals surface area contributed by atoms with Gasteiger partial charge in [0.1, 0.15) is 5.76 Å². The van der Waals surface area contributed by atoms with Gasteiger partial charge in [-0.1, -0.05) is 16.5 Å². The quantitative estimate of drug-likeness (QED) is 0.817. The topological polar surface area (TPSA) is 51.4 Å². The molecule has 2 aromatic rings. The van der Waals surface area contributed by atoms with E-state index < -0.39 is 0 Å². The molecule has 0 radical (unpaired) electrons. The molecule has 0 spiro atoms. The minimum atomic E-state index is 0.576. The first-order chi connectivity index (χ1) is 10.9. The Morgan fingerprint density at radius 2 is 2.32 bits per heavy atom. The number of rotatable bonds is 6. The van der Waals surface area contributed by atoms with Gasteiger partial charge in [-0.05, 0) is 32.2 Å². The average Bonchev–Trinajstić information content (AvgIpc) is 3.06. The molecule has 1 aliphatic heterocycles. The van der Waals surface area contributed by atoms with Crippen LogP contribution in [0.3, 0.4) is 0 Å². The van der Waals surface area contributed by atoms with E-state index in [4.69, 9.17) is 9.26 Å². The fraction of sp³-hybridized carbons (Fsp3) is 0.625. The molecule has 0 N–H and O–H groups in total. The molecule has 1 saturated carbocycles. The summed E-state index contributed by atoms with van der Waals surface area (Å²) in [5.74, 6) is 2.30. The van der Waals surface area contributed by atoms with Crippen LogP contribution >= 0.6 is 11.3 Å². The summed E-state index contributed by atoms with van der Waals surface area (Å²) in [6.07, 6.45) is 6.76. The first-order valence-electron chi connectivity index (χ1n) is 8.07. The van der Waals surface area contributed by atoms with Crippen molar-refractivity contribution in [1.29, 1.82) is 0 Å². The third-order valence-electron chi connectivity index (χ3n) is 4.40. The Balaban J connectivity index is 1.28. The Hall–Kier alpha value is -1.40. The first kappa shape index (κ1) is 14.2. The van der Waals surface area contributed by atoms with E-state index in [9.17, 15) is 0 Å². The predicted molar refractivity (Wildman–Crippen MR) is 84.1 cm³/mol. The molecule has 1 aliphatic carbocycles. The number of thiazole rings is 1. The second-order valence-corrected chi connectivity index (χ2v) is 7.20. The Bertz CT molecular complexity index is 594. The number of likely N-dealkylation sites (tertiary alicyclic amines) is 1. The summed E-state index contributed by atoms with van der Waals surface area (Å²) < 4.78 is 11.2. The fourth-order valence-electron chi connectivity index (χ4n) is 3.09. The van der Waals surface area contributed by atoms with Gasteiger partial charge in [-0.25, -0.2) is 4.98 Å². The van der Waals surface area contributed by atoms with Gasteiger partial charge < -0.3 is 9.26 Å². The van der Waals surface area contributed by atoms with Crippen molar-refractivity contribution in [1.82, 2.24) is 15.0 Å². The lowest BCUT2D eigenvalue weighted by Gasteiger charge is -2.31. The van der Waals surface area contributed by atoms with Gasteiger partial charge in [0.05, 0.1) is 12.3 Å². The molecule has 2 aromatic heterocycles. The van der Waals surface area contributed by atoms with Crippen molar-refractivity contribution >= 4 is 11.3 Å². The molecule has 3 heterocycles. The van der Waals surface area contributed by atoms with Crippen LogP contribution in [0.15, 0.2) is 22.2 Å². The van der Waals surface area contributed by atoms with Gasteiger partial charge in [0.25, 0.3) is 5.19 Å². The highest BCUT2D eigenvalue weighted by molar-refractivity contribution is 7.11. The lowest BCUT2D eigenvalue weighted by molar-refractivity contribution is 0.123. The summed E-state index contributed by atoms with van der Waals surface area (Å²) in [5.41, 5.74) is 1.07. The Kier molecular flexibility index (Phi) is 4.12. The average molecular weight is 319 g/mol. The second-order valence-electron chi connectivity index (χ2n) is 6.35. The predicted octanol–water partition coefficient (Wildman–Crippen LogP) is 3.30. The first-order valence-corrected chi connectivity index (χ1v) is 8.95. The van der Waals surface area contributed by atoms with Crippen LogP contribution in [0.4, 0.5) is 0 Å². The molecular weight excluding hydrogens is 298 g/mol. The maximum Gasteiger partial charge on any atom is 0.273 e. The van der Waals surface area contributed by atoms with Gasteiger partial charge >= 0.3 is 0 Å². The van der Waals surface area contributed by atoms with E-state index in [-0.39, 0.29) is 0 Å². The third-order valence-corrected chi connectivity index (χ3v) is 5.08. The van der Waals surface area contributed by atoms with Crippen molar-refractivity contribution in [3.05, 3.63) is 29.1 Å². The van der Waals surface area contributed by atoms with Gasteiger partial charge in [0, 0.05) is 42.6 Å². The highest BCUT2D eigenvalue weighted by atomic mass is 32.1. The summed E-state index contributed by atoms with van der Waals surface area (Å²) in [6, 6.07) is 2.15. The zero-order valence-electron chi connectivity index (χ0n) is 12.6. The van der Waals surface area contributed by atoms with Crippen molar-refractivity contribution in [2.45, 2.75) is 38.1 Å². The molecule has 0 amide bonds. The van der Waals surface area contributed by atoms with E-state index in [0.717, 1.165) is 42.9 Å². The Morgan fingerprint density at radius 1 is 1.36 bits per heavy atom. The van der Waals surface area contributed by atoms with E-state index in [0.29, 0.717) is 11.8 Å². The molecule has 6 heteroatoms. The van der Waals surface area contributed by atoms with Crippen LogP contribution in [0.5, 0.6) is 5.19 Å². The number of piperidine rings is 1. The largest absolute Gasteiger partial charge is 0.470 e. The molecule has 1 atom stereocenters. The van der Waals surface area contributed by atoms with Crippen molar-refractivity contribution in [2.75, 3.05) is 19.7 Å². The summed E-state index contributed by atoms with van der Waals surface area (Å²) >= 11 is 1.56. The van der Waals surface area contributed by atoms with E-state index >= 15 is 0 Å². The maximum absolute atomic E-state index is 5.77. The Morgan fingerprint density at radius 3 is 3.14 bits per heavy atom. The summed E-state index contributed by atoms with van der Waals surface area (Å²) in [5, 5.41) is 6.96. The van der Waals surface area contributed by atoms with Crippen LogP contribution in [0.25, 0.3) is 0 Å². The monoisotopic (exact) mass is 319 g/mol. The van der Waals surface area contributed by atoms with Gasteiger partial charge in [-0.3, -0.25) is 4.90 Å². The number of hydrogen-bond acceptors (Lipinski definition) is 6. The maximum atomic E-state index is 5.77. The highest BCUT2D eigenvalue weighted by Gasteiger charge is 2.28. The molecule has 2 aliphatic rings. The minimum Gasteiger partial charge on any atom is -0.470 e. The number of nitrogens with zero attached hydrogens (tertiary/aromatic N) is 3. The van der Waals surface area contributed by atoms with Crippen LogP contribution in [0, 0.1) is 5.92 Å².